The van der Waals surface area contributed by atoms with E-state index in [9.17, 15) is 0 Å². The van der Waals surface area contributed by atoms with Crippen molar-refractivity contribution in [2.75, 3.05) is 26.2 Å². The molecular weight excluding hydrogens is 160 g/mol. The third-order valence-electron chi connectivity index (χ3n) is 2.50. The second kappa shape index (κ2) is 8.52. The molecule has 0 rings (SSSR count). The van der Waals surface area contributed by atoms with Crippen molar-refractivity contribution in [2.24, 2.45) is 11.7 Å². The molecule has 0 spiro atoms. The van der Waals surface area contributed by atoms with Crippen molar-refractivity contribution in [3.05, 3.63) is 0 Å². The van der Waals surface area contributed by atoms with Crippen molar-refractivity contribution < 1.29 is 0 Å². The molecule has 2 nitrogen and oxygen atoms in total. The Morgan fingerprint density at radius 3 is 2.38 bits per heavy atom. The van der Waals surface area contributed by atoms with Crippen LogP contribution in [0.3, 0.4) is 0 Å². The summed E-state index contributed by atoms with van der Waals surface area (Å²) in [5, 5.41) is 0. The number of nitrogens with zero attached hydrogens (tertiary/aromatic N) is 1. The van der Waals surface area contributed by atoms with Gasteiger partial charge in [0.15, 0.2) is 0 Å². The Balaban J connectivity index is 3.50. The zero-order chi connectivity index (χ0) is 10.1. The molecule has 0 aromatic rings. The van der Waals surface area contributed by atoms with Gasteiger partial charge in [0.2, 0.25) is 0 Å². The number of nitrogens with two attached hydrogens (primary N) is 1. The summed E-state index contributed by atoms with van der Waals surface area (Å²) in [7, 11) is 0. The first kappa shape index (κ1) is 12.9. The van der Waals surface area contributed by atoms with E-state index >= 15 is 0 Å². The molecule has 0 fully saturated rings. The molecular formula is C11H26N2. The maximum Gasteiger partial charge on any atom is 0.00189 e. The highest BCUT2D eigenvalue weighted by molar-refractivity contribution is 4.61. The minimum Gasteiger partial charge on any atom is -0.330 e. The van der Waals surface area contributed by atoms with Crippen molar-refractivity contribution in [1.82, 2.24) is 4.90 Å². The Morgan fingerprint density at radius 1 is 1.23 bits per heavy atom. The third kappa shape index (κ3) is 7.03. The van der Waals surface area contributed by atoms with Crippen LogP contribution >= 0.6 is 0 Å². The van der Waals surface area contributed by atoms with E-state index in [1.54, 1.807) is 0 Å². The fourth-order valence-electron chi connectivity index (χ4n) is 1.48. The Labute approximate surface area is 83.5 Å². The summed E-state index contributed by atoms with van der Waals surface area (Å²) in [6.45, 7) is 11.1. The van der Waals surface area contributed by atoms with E-state index in [0.717, 1.165) is 19.6 Å². The van der Waals surface area contributed by atoms with Crippen LogP contribution in [0.5, 0.6) is 0 Å². The number of unbranched alkanes of at least 4 members (excludes halogenated alkanes) is 2. The molecule has 13 heavy (non-hydrogen) atoms. The van der Waals surface area contributed by atoms with Gasteiger partial charge in [0.05, 0.1) is 0 Å². The van der Waals surface area contributed by atoms with Crippen molar-refractivity contribution in [1.29, 1.82) is 0 Å². The maximum atomic E-state index is 5.60. The van der Waals surface area contributed by atoms with Gasteiger partial charge in [0.25, 0.3) is 0 Å². The first-order valence-corrected chi connectivity index (χ1v) is 5.66. The molecule has 2 N–H and O–H groups in total. The van der Waals surface area contributed by atoms with Gasteiger partial charge in [-0.1, -0.05) is 33.6 Å². The van der Waals surface area contributed by atoms with Gasteiger partial charge in [-0.3, -0.25) is 0 Å². The van der Waals surface area contributed by atoms with Crippen molar-refractivity contribution in [2.45, 2.75) is 40.0 Å². The normalized spacial score (nSPS) is 13.6. The zero-order valence-corrected chi connectivity index (χ0v) is 9.55. The number of hydrogen-bond acceptors (Lipinski definition) is 2. The zero-order valence-electron chi connectivity index (χ0n) is 9.55. The van der Waals surface area contributed by atoms with Crippen LogP contribution in [-0.4, -0.2) is 31.1 Å². The van der Waals surface area contributed by atoms with Gasteiger partial charge >= 0.3 is 0 Å². The molecule has 0 aromatic heterocycles. The highest BCUT2D eigenvalue weighted by Gasteiger charge is 2.06. The Bertz CT molecular complexity index is 104. The Kier molecular flexibility index (Phi) is 8.46. The molecule has 0 aliphatic rings. The van der Waals surface area contributed by atoms with E-state index in [1.807, 2.05) is 0 Å². The van der Waals surface area contributed by atoms with Crippen LogP contribution in [0.15, 0.2) is 0 Å². The predicted octanol–water partition coefficient (Wildman–Crippen LogP) is 2.09. The fourth-order valence-corrected chi connectivity index (χ4v) is 1.48. The van der Waals surface area contributed by atoms with Crippen molar-refractivity contribution >= 4 is 0 Å². The van der Waals surface area contributed by atoms with Crippen LogP contribution in [-0.2, 0) is 0 Å². The second-order valence-electron chi connectivity index (χ2n) is 3.94. The average molecular weight is 186 g/mol. The van der Waals surface area contributed by atoms with Gasteiger partial charge in [-0.2, -0.15) is 0 Å². The lowest BCUT2D eigenvalue weighted by Crippen LogP contribution is -2.32. The molecule has 0 aliphatic carbocycles. The average Bonchev–Trinajstić information content (AvgIpc) is 2.16. The van der Waals surface area contributed by atoms with E-state index in [0.29, 0.717) is 5.92 Å². The summed E-state index contributed by atoms with van der Waals surface area (Å²) >= 11 is 0. The minimum absolute atomic E-state index is 0.640. The molecule has 0 radical (unpaired) electrons. The third-order valence-corrected chi connectivity index (χ3v) is 2.50. The smallest absolute Gasteiger partial charge is 0.00189 e. The molecule has 1 atom stereocenters. The first-order valence-electron chi connectivity index (χ1n) is 5.66. The summed E-state index contributed by atoms with van der Waals surface area (Å²) in [4.78, 5) is 2.51. The predicted molar refractivity (Wildman–Crippen MR) is 59.9 cm³/mol. The summed E-state index contributed by atoms with van der Waals surface area (Å²) in [5.41, 5.74) is 5.60. The molecule has 0 aromatic carbocycles. The lowest BCUT2D eigenvalue weighted by Gasteiger charge is -2.23. The number of rotatable bonds is 8. The molecule has 0 saturated carbocycles. The van der Waals surface area contributed by atoms with Gasteiger partial charge in [-0.25, -0.2) is 0 Å². The number of hydrogen-bond donors (Lipinski definition) is 1. The quantitative estimate of drug-likeness (QED) is 0.588. The molecule has 80 valence electrons. The molecule has 0 heterocycles. The van der Waals surface area contributed by atoms with Crippen LogP contribution in [0.1, 0.15) is 40.0 Å². The Hall–Kier alpha value is -0.0800. The van der Waals surface area contributed by atoms with Crippen molar-refractivity contribution in [3.63, 3.8) is 0 Å². The SMILES string of the molecule is CCCCCN(CC)CC(C)CN. The molecule has 0 bridgehead atoms. The summed E-state index contributed by atoms with van der Waals surface area (Å²) in [6.07, 6.45) is 4.00. The molecule has 1 unspecified atom stereocenters. The molecule has 0 amide bonds. The lowest BCUT2D eigenvalue weighted by atomic mass is 10.1. The van der Waals surface area contributed by atoms with E-state index in [2.05, 4.69) is 25.7 Å². The van der Waals surface area contributed by atoms with Crippen LogP contribution in [0.2, 0.25) is 0 Å². The van der Waals surface area contributed by atoms with E-state index < -0.39 is 0 Å². The van der Waals surface area contributed by atoms with Gasteiger partial charge in [-0.05, 0) is 32.0 Å². The van der Waals surface area contributed by atoms with Crippen LogP contribution in [0.25, 0.3) is 0 Å². The monoisotopic (exact) mass is 186 g/mol. The Morgan fingerprint density at radius 2 is 1.92 bits per heavy atom. The fraction of sp³-hybridized carbons (Fsp3) is 1.00. The summed E-state index contributed by atoms with van der Waals surface area (Å²) < 4.78 is 0. The van der Waals surface area contributed by atoms with Gasteiger partial charge < -0.3 is 10.6 Å². The second-order valence-corrected chi connectivity index (χ2v) is 3.94. The summed E-state index contributed by atoms with van der Waals surface area (Å²) in [5.74, 6) is 0.640. The molecule has 2 heteroatoms. The summed E-state index contributed by atoms with van der Waals surface area (Å²) in [6, 6.07) is 0. The van der Waals surface area contributed by atoms with E-state index in [4.69, 9.17) is 5.73 Å². The topological polar surface area (TPSA) is 29.3 Å². The largest absolute Gasteiger partial charge is 0.330 e. The van der Waals surface area contributed by atoms with Crippen LogP contribution in [0.4, 0.5) is 0 Å². The van der Waals surface area contributed by atoms with Crippen LogP contribution in [0, 0.1) is 5.92 Å². The molecule has 0 aliphatic heterocycles. The highest BCUT2D eigenvalue weighted by atomic mass is 15.1. The van der Waals surface area contributed by atoms with Gasteiger partial charge in [0.1, 0.15) is 0 Å². The van der Waals surface area contributed by atoms with E-state index in [1.165, 1.54) is 25.8 Å². The standard InChI is InChI=1S/C11H26N2/c1-4-6-7-8-13(5-2)10-11(3)9-12/h11H,4-10,12H2,1-3H3. The first-order chi connectivity index (χ1) is 6.24. The van der Waals surface area contributed by atoms with Crippen molar-refractivity contribution in [3.8, 4) is 0 Å². The van der Waals surface area contributed by atoms with E-state index in [-0.39, 0.29) is 0 Å². The minimum atomic E-state index is 0.640. The highest BCUT2D eigenvalue weighted by Crippen LogP contribution is 2.02. The lowest BCUT2D eigenvalue weighted by molar-refractivity contribution is 0.246. The van der Waals surface area contributed by atoms with Gasteiger partial charge in [0, 0.05) is 6.54 Å². The van der Waals surface area contributed by atoms with Crippen LogP contribution < -0.4 is 5.73 Å². The molecule has 0 saturated heterocycles. The maximum absolute atomic E-state index is 5.60. The van der Waals surface area contributed by atoms with Gasteiger partial charge in [-0.15, -0.1) is 0 Å².